The minimum Gasteiger partial charge on any atom is -0.336 e. The average Bonchev–Trinajstić information content (AvgIpc) is 3.00. The molecule has 5 nitrogen and oxygen atoms in total. The van der Waals surface area contributed by atoms with E-state index in [-0.39, 0.29) is 17.9 Å². The number of rotatable bonds is 5. The summed E-state index contributed by atoms with van der Waals surface area (Å²) < 4.78 is 0. The maximum Gasteiger partial charge on any atom is 0.260 e. The van der Waals surface area contributed by atoms with Gasteiger partial charge in [0.25, 0.3) is 11.8 Å². The molecule has 2 saturated heterocycles. The van der Waals surface area contributed by atoms with Crippen LogP contribution in [0.5, 0.6) is 0 Å². The molecule has 0 aromatic heterocycles. The number of nitrogens with zero attached hydrogens (tertiary/aromatic N) is 3. The van der Waals surface area contributed by atoms with Crippen LogP contribution in [0.3, 0.4) is 0 Å². The minimum absolute atomic E-state index is 0.101. The van der Waals surface area contributed by atoms with Crippen LogP contribution in [-0.4, -0.2) is 70.0 Å². The number of thioether (sulfide) groups is 1. The zero-order valence-electron chi connectivity index (χ0n) is 23.3. The van der Waals surface area contributed by atoms with Gasteiger partial charge in [0.15, 0.2) is 0 Å². The Kier molecular flexibility index (Phi) is 8.85. The number of halogens is 1. The van der Waals surface area contributed by atoms with E-state index in [2.05, 4.69) is 9.80 Å². The summed E-state index contributed by atoms with van der Waals surface area (Å²) in [6.07, 6.45) is 13.3. The van der Waals surface area contributed by atoms with Gasteiger partial charge >= 0.3 is 0 Å². The van der Waals surface area contributed by atoms with Crippen molar-refractivity contribution in [1.82, 2.24) is 14.7 Å². The van der Waals surface area contributed by atoms with Gasteiger partial charge in [-0.25, -0.2) is 0 Å². The highest BCUT2D eigenvalue weighted by molar-refractivity contribution is 8.04. The molecule has 7 heteroatoms. The normalized spacial score (nSPS) is 25.7. The van der Waals surface area contributed by atoms with Gasteiger partial charge < -0.3 is 9.80 Å². The number of fused-ring (bicyclic) bond motifs is 1. The summed E-state index contributed by atoms with van der Waals surface area (Å²) in [5.41, 5.74) is 2.76. The molecule has 0 radical (unpaired) electrons. The molecule has 2 amide bonds. The first-order valence-electron chi connectivity index (χ1n) is 15.1. The molecule has 0 spiro atoms. The van der Waals surface area contributed by atoms with E-state index in [9.17, 15) is 9.59 Å². The van der Waals surface area contributed by atoms with Crippen molar-refractivity contribution >= 4 is 41.3 Å². The molecule has 2 aliphatic heterocycles. The predicted molar refractivity (Wildman–Crippen MR) is 164 cm³/mol. The second-order valence-electron chi connectivity index (χ2n) is 11.8. The third kappa shape index (κ3) is 6.29. The van der Waals surface area contributed by atoms with Crippen LogP contribution in [0.4, 0.5) is 0 Å². The number of carbonyl (C=O) groups excluding carboxylic acids is 2. The first-order valence-corrected chi connectivity index (χ1v) is 16.4. The highest BCUT2D eigenvalue weighted by Crippen LogP contribution is 2.43. The van der Waals surface area contributed by atoms with Crippen molar-refractivity contribution in [3.8, 4) is 0 Å². The number of piperazine rings is 1. The third-order valence-electron chi connectivity index (χ3n) is 9.21. The SMILES string of the molecule is O=C(c1ccc(/C=C2/SC3CCCCC3N(Cc3cccc(Cl)c3)C2=O)cc1)N1CCN(C2CCCCC2)CC1. The molecule has 2 aromatic carbocycles. The molecule has 2 atom stereocenters. The van der Waals surface area contributed by atoms with E-state index in [1.54, 1.807) is 11.8 Å². The van der Waals surface area contributed by atoms with Crippen molar-refractivity contribution < 1.29 is 9.59 Å². The maximum absolute atomic E-state index is 13.7. The van der Waals surface area contributed by atoms with Crippen molar-refractivity contribution in [3.63, 3.8) is 0 Å². The molecule has 212 valence electrons. The lowest BCUT2D eigenvalue weighted by atomic mass is 9.92. The number of amides is 2. The number of benzene rings is 2. The van der Waals surface area contributed by atoms with Gasteiger partial charge in [0.1, 0.15) is 0 Å². The summed E-state index contributed by atoms with van der Waals surface area (Å²) >= 11 is 7.99. The summed E-state index contributed by atoms with van der Waals surface area (Å²) in [4.78, 5) is 34.5. The van der Waals surface area contributed by atoms with Crippen LogP contribution < -0.4 is 0 Å². The third-order valence-corrected chi connectivity index (χ3v) is 10.8. The molecule has 40 heavy (non-hydrogen) atoms. The Morgan fingerprint density at radius 2 is 1.62 bits per heavy atom. The van der Waals surface area contributed by atoms with Crippen LogP contribution >= 0.6 is 23.4 Å². The number of carbonyl (C=O) groups is 2. The zero-order valence-corrected chi connectivity index (χ0v) is 24.8. The second-order valence-corrected chi connectivity index (χ2v) is 13.5. The van der Waals surface area contributed by atoms with Crippen LogP contribution in [0.2, 0.25) is 5.02 Å². The lowest BCUT2D eigenvalue weighted by molar-refractivity contribution is -0.130. The molecule has 2 saturated carbocycles. The van der Waals surface area contributed by atoms with Gasteiger partial charge in [0.05, 0.1) is 4.91 Å². The number of hydrogen-bond acceptors (Lipinski definition) is 4. The molecule has 2 unspecified atom stereocenters. The molecule has 4 fully saturated rings. The van der Waals surface area contributed by atoms with E-state index in [4.69, 9.17) is 11.6 Å². The van der Waals surface area contributed by atoms with E-state index in [0.717, 1.165) is 60.6 Å². The Morgan fingerprint density at radius 1 is 0.900 bits per heavy atom. The fourth-order valence-electron chi connectivity index (χ4n) is 6.99. The van der Waals surface area contributed by atoms with Gasteiger partial charge in [-0.15, -0.1) is 11.8 Å². The Labute approximate surface area is 247 Å². The largest absolute Gasteiger partial charge is 0.336 e. The predicted octanol–water partition coefficient (Wildman–Crippen LogP) is 6.86. The zero-order chi connectivity index (χ0) is 27.5. The molecule has 2 aromatic rings. The molecule has 4 aliphatic rings. The average molecular weight is 578 g/mol. The minimum atomic E-state index is 0.101. The lowest BCUT2D eigenvalue weighted by Crippen LogP contribution is -2.52. The highest BCUT2D eigenvalue weighted by atomic mass is 35.5. The molecule has 2 heterocycles. The van der Waals surface area contributed by atoms with Crippen LogP contribution in [-0.2, 0) is 11.3 Å². The summed E-state index contributed by atoms with van der Waals surface area (Å²) in [6, 6.07) is 16.6. The van der Waals surface area contributed by atoms with E-state index < -0.39 is 0 Å². The Bertz CT molecular complexity index is 1230. The quantitative estimate of drug-likeness (QED) is 0.364. The van der Waals surface area contributed by atoms with Gasteiger partial charge in [-0.1, -0.05) is 68.0 Å². The lowest BCUT2D eigenvalue weighted by Gasteiger charge is -2.44. The molecule has 2 aliphatic carbocycles. The standard InChI is InChI=1S/C33H40ClN3O2S/c34-27-8-6-7-25(21-27)23-37-29-11-4-5-12-30(29)40-31(33(37)39)22-24-13-15-26(16-14-24)32(38)36-19-17-35(18-20-36)28-9-2-1-3-10-28/h6-8,13-16,21-22,28-30H,1-5,9-12,17-20,23H2/b31-22+. The maximum atomic E-state index is 13.7. The molecular weight excluding hydrogens is 538 g/mol. The number of hydrogen-bond donors (Lipinski definition) is 0. The van der Waals surface area contributed by atoms with Gasteiger partial charge in [-0.3, -0.25) is 14.5 Å². The van der Waals surface area contributed by atoms with Gasteiger partial charge in [-0.05, 0) is 67.2 Å². The fourth-order valence-corrected chi connectivity index (χ4v) is 8.67. The molecule has 6 rings (SSSR count). The van der Waals surface area contributed by atoms with E-state index >= 15 is 0 Å². The van der Waals surface area contributed by atoms with Crippen LogP contribution in [0.15, 0.2) is 53.4 Å². The molecule has 0 N–H and O–H groups in total. The van der Waals surface area contributed by atoms with Crippen molar-refractivity contribution in [1.29, 1.82) is 0 Å². The van der Waals surface area contributed by atoms with Crippen molar-refractivity contribution in [2.24, 2.45) is 0 Å². The van der Waals surface area contributed by atoms with Crippen LogP contribution in [0.1, 0.15) is 79.3 Å². The van der Waals surface area contributed by atoms with Crippen molar-refractivity contribution in [2.75, 3.05) is 26.2 Å². The van der Waals surface area contributed by atoms with Gasteiger partial charge in [-0.2, -0.15) is 0 Å². The Hall–Kier alpha value is -2.28. The summed E-state index contributed by atoms with van der Waals surface area (Å²) in [5.74, 6) is 0.215. The van der Waals surface area contributed by atoms with Crippen molar-refractivity contribution in [3.05, 3.63) is 75.1 Å². The van der Waals surface area contributed by atoms with E-state index in [0.29, 0.717) is 22.9 Å². The van der Waals surface area contributed by atoms with Crippen LogP contribution in [0, 0.1) is 0 Å². The Balaban J connectivity index is 1.12. The Morgan fingerprint density at radius 3 is 2.38 bits per heavy atom. The summed E-state index contributed by atoms with van der Waals surface area (Å²) in [7, 11) is 0. The fraction of sp³-hybridized carbons (Fsp3) is 0.515. The monoisotopic (exact) mass is 577 g/mol. The second kappa shape index (κ2) is 12.7. The summed E-state index contributed by atoms with van der Waals surface area (Å²) in [6.45, 7) is 4.15. The van der Waals surface area contributed by atoms with Gasteiger partial charge in [0.2, 0.25) is 0 Å². The summed E-state index contributed by atoms with van der Waals surface area (Å²) in [5, 5.41) is 1.12. The molecular formula is C33H40ClN3O2S. The van der Waals surface area contributed by atoms with E-state index in [1.807, 2.05) is 59.5 Å². The smallest absolute Gasteiger partial charge is 0.260 e. The topological polar surface area (TPSA) is 43.9 Å². The van der Waals surface area contributed by atoms with Gasteiger partial charge in [0, 0.05) is 60.6 Å². The highest BCUT2D eigenvalue weighted by Gasteiger charge is 2.40. The molecule has 0 bridgehead atoms. The van der Waals surface area contributed by atoms with E-state index in [1.165, 1.54) is 44.9 Å². The van der Waals surface area contributed by atoms with Crippen molar-refractivity contribution in [2.45, 2.75) is 81.7 Å². The van der Waals surface area contributed by atoms with Crippen LogP contribution in [0.25, 0.3) is 6.08 Å². The first-order chi connectivity index (χ1) is 19.5. The first kappa shape index (κ1) is 27.9.